The van der Waals surface area contributed by atoms with Crippen LogP contribution in [0.15, 0.2) is 78.9 Å². The fourth-order valence-corrected chi connectivity index (χ4v) is 5.24. The molecule has 214 valence electrons. The second-order valence-electron chi connectivity index (χ2n) is 9.56. The SMILES string of the molecule is CCOC(=O)N(c1ccccc1)[C@@H]1CC[C@@H](OCCc2cc(C(F)(F)F)cc(C(F)(F)F)c2)[C@H]1c1ccccc1. The molecular weight excluding hydrogens is 536 g/mol. The van der Waals surface area contributed by atoms with Crippen LogP contribution in [0.2, 0.25) is 0 Å². The third kappa shape index (κ3) is 6.96. The van der Waals surface area contributed by atoms with Crippen LogP contribution < -0.4 is 4.90 Å². The average Bonchev–Trinajstić information content (AvgIpc) is 3.32. The van der Waals surface area contributed by atoms with Crippen molar-refractivity contribution in [2.45, 2.75) is 56.6 Å². The first-order valence-corrected chi connectivity index (χ1v) is 12.9. The van der Waals surface area contributed by atoms with Crippen molar-refractivity contribution in [3.63, 3.8) is 0 Å². The molecule has 0 heterocycles. The molecule has 40 heavy (non-hydrogen) atoms. The lowest BCUT2D eigenvalue weighted by atomic mass is 9.91. The molecule has 3 aromatic carbocycles. The molecule has 1 saturated carbocycles. The summed E-state index contributed by atoms with van der Waals surface area (Å²) < 4.78 is 91.2. The molecular formula is C30H29F6NO3. The number of hydrogen-bond acceptors (Lipinski definition) is 3. The number of para-hydroxylation sites is 1. The Bertz CT molecular complexity index is 1230. The van der Waals surface area contributed by atoms with Crippen molar-refractivity contribution in [1.82, 2.24) is 0 Å². The van der Waals surface area contributed by atoms with Gasteiger partial charge in [-0.3, -0.25) is 4.90 Å². The maximum absolute atomic E-state index is 13.3. The minimum absolute atomic E-state index is 0.0932. The van der Waals surface area contributed by atoms with E-state index in [1.807, 2.05) is 48.5 Å². The van der Waals surface area contributed by atoms with Crippen LogP contribution >= 0.6 is 0 Å². The number of benzene rings is 3. The minimum Gasteiger partial charge on any atom is -0.449 e. The van der Waals surface area contributed by atoms with Crippen LogP contribution in [0.25, 0.3) is 0 Å². The summed E-state index contributed by atoms with van der Waals surface area (Å²) >= 11 is 0. The molecule has 1 amide bonds. The number of carbonyl (C=O) groups excluding carboxylic acids is 1. The number of alkyl halides is 6. The van der Waals surface area contributed by atoms with E-state index >= 15 is 0 Å². The summed E-state index contributed by atoms with van der Waals surface area (Å²) in [7, 11) is 0. The predicted octanol–water partition coefficient (Wildman–Crippen LogP) is 8.26. The highest BCUT2D eigenvalue weighted by Gasteiger charge is 2.44. The number of rotatable bonds is 8. The third-order valence-corrected chi connectivity index (χ3v) is 6.95. The summed E-state index contributed by atoms with van der Waals surface area (Å²) in [4.78, 5) is 14.7. The van der Waals surface area contributed by atoms with E-state index in [0.717, 1.165) is 17.7 Å². The molecule has 10 heteroatoms. The van der Waals surface area contributed by atoms with Gasteiger partial charge in [0.05, 0.1) is 30.4 Å². The van der Waals surface area contributed by atoms with E-state index in [-0.39, 0.29) is 43.2 Å². The molecule has 1 fully saturated rings. The van der Waals surface area contributed by atoms with Gasteiger partial charge in [0.2, 0.25) is 0 Å². The molecule has 4 rings (SSSR count). The Labute approximate surface area is 228 Å². The van der Waals surface area contributed by atoms with Gasteiger partial charge in [0.15, 0.2) is 0 Å². The first kappa shape index (κ1) is 29.5. The summed E-state index contributed by atoms with van der Waals surface area (Å²) in [5.74, 6) is -0.307. The number of halogens is 6. The van der Waals surface area contributed by atoms with Gasteiger partial charge in [0.1, 0.15) is 0 Å². The molecule has 0 aliphatic heterocycles. The minimum atomic E-state index is -4.91. The fraction of sp³-hybridized carbons (Fsp3) is 0.367. The fourth-order valence-electron chi connectivity index (χ4n) is 5.24. The number of anilines is 1. The molecule has 1 aliphatic carbocycles. The van der Waals surface area contributed by atoms with Crippen LogP contribution in [0.4, 0.5) is 36.8 Å². The van der Waals surface area contributed by atoms with Crippen LogP contribution in [-0.4, -0.2) is 31.5 Å². The summed E-state index contributed by atoms with van der Waals surface area (Å²) in [6, 6.07) is 19.7. The lowest BCUT2D eigenvalue weighted by Crippen LogP contribution is -2.44. The Kier molecular flexibility index (Phi) is 9.08. The first-order valence-electron chi connectivity index (χ1n) is 12.9. The van der Waals surface area contributed by atoms with E-state index in [9.17, 15) is 31.1 Å². The van der Waals surface area contributed by atoms with Gasteiger partial charge in [-0.1, -0.05) is 48.5 Å². The number of amides is 1. The van der Waals surface area contributed by atoms with E-state index in [1.54, 1.807) is 24.0 Å². The van der Waals surface area contributed by atoms with Crippen LogP contribution in [0.5, 0.6) is 0 Å². The molecule has 0 saturated heterocycles. The van der Waals surface area contributed by atoms with Crippen molar-refractivity contribution in [2.75, 3.05) is 18.1 Å². The molecule has 0 aromatic heterocycles. The second kappa shape index (κ2) is 12.3. The van der Waals surface area contributed by atoms with Crippen LogP contribution in [-0.2, 0) is 28.2 Å². The van der Waals surface area contributed by atoms with E-state index in [1.165, 1.54) is 0 Å². The standard InChI is InChI=1S/C30H29F6NO3/c1-2-39-28(38)37(24-11-7-4-8-12-24)25-13-14-26(27(25)21-9-5-3-6-10-21)40-16-15-20-17-22(29(31,32)33)19-23(18-20)30(34,35)36/h3-12,17-19,25-27H,2,13-16H2,1H3/t25-,26-,27+/m1/s1. The molecule has 3 aromatic rings. The van der Waals surface area contributed by atoms with Gasteiger partial charge >= 0.3 is 18.4 Å². The summed E-state index contributed by atoms with van der Waals surface area (Å²) in [6.45, 7) is 1.81. The lowest BCUT2D eigenvalue weighted by molar-refractivity contribution is -0.143. The molecule has 0 spiro atoms. The third-order valence-electron chi connectivity index (χ3n) is 6.95. The monoisotopic (exact) mass is 565 g/mol. The maximum Gasteiger partial charge on any atom is 0.416 e. The van der Waals surface area contributed by atoms with Gasteiger partial charge in [0.25, 0.3) is 0 Å². The van der Waals surface area contributed by atoms with Gasteiger partial charge in [-0.2, -0.15) is 26.3 Å². The number of carbonyl (C=O) groups is 1. The molecule has 0 bridgehead atoms. The summed E-state index contributed by atoms with van der Waals surface area (Å²) in [5.41, 5.74) is -1.28. The molecule has 3 atom stereocenters. The van der Waals surface area contributed by atoms with Crippen LogP contribution in [0.3, 0.4) is 0 Å². The van der Waals surface area contributed by atoms with E-state index in [0.29, 0.717) is 18.5 Å². The van der Waals surface area contributed by atoms with Gasteiger partial charge in [-0.25, -0.2) is 4.79 Å². The Morgan fingerprint density at radius 3 is 1.98 bits per heavy atom. The van der Waals surface area contributed by atoms with E-state index in [4.69, 9.17) is 9.47 Å². The average molecular weight is 566 g/mol. The van der Waals surface area contributed by atoms with Gasteiger partial charge in [0, 0.05) is 17.6 Å². The topological polar surface area (TPSA) is 38.8 Å². The number of hydrogen-bond donors (Lipinski definition) is 0. The molecule has 4 nitrogen and oxygen atoms in total. The smallest absolute Gasteiger partial charge is 0.416 e. The lowest BCUT2D eigenvalue weighted by Gasteiger charge is -2.34. The van der Waals surface area contributed by atoms with Crippen LogP contribution in [0, 0.1) is 0 Å². The first-order chi connectivity index (χ1) is 19.0. The number of nitrogens with zero attached hydrogens (tertiary/aromatic N) is 1. The van der Waals surface area contributed by atoms with Crippen molar-refractivity contribution < 1.29 is 40.6 Å². The summed E-state index contributed by atoms with van der Waals surface area (Å²) in [6.07, 6.45) is -9.83. The van der Waals surface area contributed by atoms with Crippen molar-refractivity contribution >= 4 is 11.8 Å². The van der Waals surface area contributed by atoms with Gasteiger partial charge < -0.3 is 9.47 Å². The molecule has 0 radical (unpaired) electrons. The van der Waals surface area contributed by atoms with Gasteiger partial charge in [-0.15, -0.1) is 0 Å². The zero-order valence-corrected chi connectivity index (χ0v) is 21.7. The Morgan fingerprint density at radius 2 is 1.43 bits per heavy atom. The van der Waals surface area contributed by atoms with E-state index < -0.39 is 35.7 Å². The zero-order valence-electron chi connectivity index (χ0n) is 21.7. The van der Waals surface area contributed by atoms with Crippen molar-refractivity contribution in [2.24, 2.45) is 0 Å². The number of ether oxygens (including phenoxy) is 2. The highest BCUT2D eigenvalue weighted by atomic mass is 19.4. The Morgan fingerprint density at radius 1 is 0.850 bits per heavy atom. The van der Waals surface area contributed by atoms with Crippen molar-refractivity contribution in [3.8, 4) is 0 Å². The zero-order chi connectivity index (χ0) is 28.9. The Balaban J connectivity index is 1.59. The highest BCUT2D eigenvalue weighted by molar-refractivity contribution is 5.88. The molecule has 0 N–H and O–H groups in total. The highest BCUT2D eigenvalue weighted by Crippen LogP contribution is 2.42. The second-order valence-corrected chi connectivity index (χ2v) is 9.56. The predicted molar refractivity (Wildman–Crippen MR) is 138 cm³/mol. The Hall–Kier alpha value is -3.53. The van der Waals surface area contributed by atoms with Crippen molar-refractivity contribution in [3.05, 3.63) is 101 Å². The summed E-state index contributed by atoms with van der Waals surface area (Å²) in [5, 5.41) is 0. The maximum atomic E-state index is 13.3. The van der Waals surface area contributed by atoms with Crippen LogP contribution in [0.1, 0.15) is 47.9 Å². The van der Waals surface area contributed by atoms with Gasteiger partial charge in [-0.05, 0) is 67.6 Å². The van der Waals surface area contributed by atoms with E-state index in [2.05, 4.69) is 0 Å². The normalized spacial score (nSPS) is 19.4. The molecule has 0 unspecified atom stereocenters. The van der Waals surface area contributed by atoms with Crippen molar-refractivity contribution in [1.29, 1.82) is 0 Å². The molecule has 1 aliphatic rings. The quantitative estimate of drug-likeness (QED) is 0.258. The largest absolute Gasteiger partial charge is 0.449 e.